The van der Waals surface area contributed by atoms with Crippen molar-refractivity contribution in [3.8, 4) is 0 Å². The third-order valence-corrected chi connectivity index (χ3v) is 4.33. The Bertz CT molecular complexity index is 286. The fourth-order valence-electron chi connectivity index (χ4n) is 1.76. The van der Waals surface area contributed by atoms with E-state index in [9.17, 15) is 9.59 Å². The molecular formula is C11H20N2O3S. The number of hydrogen-bond donors (Lipinski definition) is 2. The summed E-state index contributed by atoms with van der Waals surface area (Å²) in [7, 11) is 0. The first kappa shape index (κ1) is 14.2. The topological polar surface area (TPSA) is 69.6 Å². The fourth-order valence-corrected chi connectivity index (χ4v) is 2.86. The number of carboxylic acids is 1. The first-order valence-electron chi connectivity index (χ1n) is 5.90. The Morgan fingerprint density at radius 3 is 2.82 bits per heavy atom. The Morgan fingerprint density at radius 2 is 2.18 bits per heavy atom. The van der Waals surface area contributed by atoms with Crippen LogP contribution >= 0.6 is 11.8 Å². The van der Waals surface area contributed by atoms with E-state index < -0.39 is 5.97 Å². The molecule has 1 heterocycles. The van der Waals surface area contributed by atoms with Gasteiger partial charge in [0.15, 0.2) is 0 Å². The van der Waals surface area contributed by atoms with Crippen molar-refractivity contribution >= 4 is 23.8 Å². The maximum Gasteiger partial charge on any atom is 0.317 e. The Morgan fingerprint density at radius 1 is 1.47 bits per heavy atom. The number of urea groups is 1. The zero-order valence-electron chi connectivity index (χ0n) is 10.3. The van der Waals surface area contributed by atoms with Crippen molar-refractivity contribution in [3.63, 3.8) is 0 Å². The van der Waals surface area contributed by atoms with Crippen molar-refractivity contribution in [2.45, 2.75) is 38.0 Å². The average Bonchev–Trinajstić information content (AvgIpc) is 2.27. The lowest BCUT2D eigenvalue weighted by Gasteiger charge is -2.37. The predicted molar refractivity (Wildman–Crippen MR) is 68.4 cm³/mol. The summed E-state index contributed by atoms with van der Waals surface area (Å²) >= 11 is 1.88. The summed E-state index contributed by atoms with van der Waals surface area (Å²) in [5.74, 6) is 0.143. The average molecular weight is 260 g/mol. The largest absolute Gasteiger partial charge is 0.481 e. The lowest BCUT2D eigenvalue weighted by molar-refractivity contribution is -0.137. The van der Waals surface area contributed by atoms with Crippen LogP contribution < -0.4 is 5.32 Å². The second kappa shape index (κ2) is 6.74. The Labute approximate surface area is 106 Å². The monoisotopic (exact) mass is 260 g/mol. The number of rotatable bonds is 4. The summed E-state index contributed by atoms with van der Waals surface area (Å²) in [6, 6.07) is 0.156. The van der Waals surface area contributed by atoms with Crippen LogP contribution in [0.1, 0.15) is 26.7 Å². The quantitative estimate of drug-likeness (QED) is 0.749. The summed E-state index contributed by atoms with van der Waals surface area (Å²) in [5.41, 5.74) is 0. The Hall–Kier alpha value is -0.910. The Kier molecular flexibility index (Phi) is 5.61. The highest BCUT2D eigenvalue weighted by Gasteiger charge is 2.28. The molecule has 0 spiro atoms. The van der Waals surface area contributed by atoms with Gasteiger partial charge < -0.3 is 15.3 Å². The number of thioether (sulfide) groups is 1. The highest BCUT2D eigenvalue weighted by atomic mass is 32.2. The van der Waals surface area contributed by atoms with E-state index in [2.05, 4.69) is 12.2 Å². The molecule has 98 valence electrons. The minimum Gasteiger partial charge on any atom is -0.481 e. The summed E-state index contributed by atoms with van der Waals surface area (Å²) in [4.78, 5) is 24.0. The van der Waals surface area contributed by atoms with Crippen LogP contribution in [-0.2, 0) is 4.79 Å². The van der Waals surface area contributed by atoms with Gasteiger partial charge in [-0.05, 0) is 13.3 Å². The molecule has 0 aromatic rings. The molecule has 2 N–H and O–H groups in total. The van der Waals surface area contributed by atoms with Crippen LogP contribution in [0, 0.1) is 0 Å². The maximum absolute atomic E-state index is 11.9. The van der Waals surface area contributed by atoms with Gasteiger partial charge >= 0.3 is 12.0 Å². The molecule has 5 nitrogen and oxygen atoms in total. The molecule has 1 aliphatic rings. The van der Waals surface area contributed by atoms with Gasteiger partial charge in [-0.3, -0.25) is 4.79 Å². The molecule has 0 aromatic carbocycles. The second-order valence-corrected chi connectivity index (χ2v) is 5.72. The van der Waals surface area contributed by atoms with E-state index in [-0.39, 0.29) is 18.5 Å². The number of nitrogens with one attached hydrogen (secondary N) is 1. The molecule has 6 heteroatoms. The molecule has 1 saturated heterocycles. The van der Waals surface area contributed by atoms with E-state index in [0.717, 1.165) is 12.3 Å². The second-order valence-electron chi connectivity index (χ2n) is 4.24. The molecule has 0 radical (unpaired) electrons. The molecule has 1 fully saturated rings. The van der Waals surface area contributed by atoms with Gasteiger partial charge in [0.1, 0.15) is 0 Å². The van der Waals surface area contributed by atoms with Gasteiger partial charge in [-0.1, -0.05) is 6.92 Å². The van der Waals surface area contributed by atoms with Crippen LogP contribution in [0.4, 0.5) is 4.79 Å². The molecule has 0 saturated carbocycles. The Balaban J connectivity index is 2.29. The van der Waals surface area contributed by atoms with Crippen molar-refractivity contribution in [2.24, 2.45) is 0 Å². The van der Waals surface area contributed by atoms with Gasteiger partial charge in [-0.25, -0.2) is 4.79 Å². The number of amides is 2. The lowest BCUT2D eigenvalue weighted by atomic mass is 10.2. The fraction of sp³-hybridized carbons (Fsp3) is 0.818. The normalized spacial score (nSPS) is 24.5. The summed E-state index contributed by atoms with van der Waals surface area (Å²) in [6.07, 6.45) is 0.579. The van der Waals surface area contributed by atoms with Crippen molar-refractivity contribution in [1.29, 1.82) is 0 Å². The van der Waals surface area contributed by atoms with Crippen molar-refractivity contribution in [2.75, 3.05) is 18.8 Å². The number of aliphatic carboxylic acids is 1. The van der Waals surface area contributed by atoms with Crippen LogP contribution in [0.3, 0.4) is 0 Å². The molecule has 1 aliphatic heterocycles. The standard InChI is InChI=1S/C11H20N2O3S/c1-8-9(2)17-7-6-13(8)11(16)12-5-3-4-10(14)15/h8-9H,3-7H2,1-2H3,(H,12,16)(H,14,15). The number of carboxylic acid groups (broad SMARTS) is 1. The van der Waals surface area contributed by atoms with Gasteiger partial charge in [0.25, 0.3) is 0 Å². The maximum atomic E-state index is 11.9. The van der Waals surface area contributed by atoms with Gasteiger partial charge in [0.2, 0.25) is 0 Å². The summed E-state index contributed by atoms with van der Waals surface area (Å²) < 4.78 is 0. The first-order valence-corrected chi connectivity index (χ1v) is 6.95. The van der Waals surface area contributed by atoms with Crippen molar-refractivity contribution < 1.29 is 14.7 Å². The minimum atomic E-state index is -0.824. The van der Waals surface area contributed by atoms with Crippen molar-refractivity contribution in [1.82, 2.24) is 10.2 Å². The highest BCUT2D eigenvalue weighted by Crippen LogP contribution is 2.23. The van der Waals surface area contributed by atoms with Gasteiger partial charge in [-0.2, -0.15) is 11.8 Å². The van der Waals surface area contributed by atoms with Gasteiger partial charge in [0.05, 0.1) is 0 Å². The zero-order chi connectivity index (χ0) is 12.8. The molecule has 2 unspecified atom stereocenters. The van der Waals surface area contributed by atoms with E-state index in [1.165, 1.54) is 0 Å². The summed E-state index contributed by atoms with van der Waals surface area (Å²) in [5, 5.41) is 11.7. The number of carbonyl (C=O) groups excluding carboxylic acids is 1. The van der Waals surface area contributed by atoms with Gasteiger partial charge in [0, 0.05) is 36.6 Å². The molecule has 17 heavy (non-hydrogen) atoms. The number of nitrogens with zero attached hydrogens (tertiary/aromatic N) is 1. The van der Waals surface area contributed by atoms with Crippen molar-refractivity contribution in [3.05, 3.63) is 0 Å². The minimum absolute atomic E-state index is 0.0740. The van der Waals surface area contributed by atoms with E-state index >= 15 is 0 Å². The van der Waals surface area contributed by atoms with Crippen LogP contribution in [0.15, 0.2) is 0 Å². The van der Waals surface area contributed by atoms with Crippen LogP contribution in [-0.4, -0.2) is 52.1 Å². The molecule has 2 atom stereocenters. The van der Waals surface area contributed by atoms with E-state index in [1.807, 2.05) is 23.6 Å². The zero-order valence-corrected chi connectivity index (χ0v) is 11.1. The SMILES string of the molecule is CC1SCCN(C(=O)NCCCC(=O)O)C1C. The molecule has 2 amide bonds. The number of hydrogen-bond acceptors (Lipinski definition) is 3. The van der Waals surface area contributed by atoms with E-state index in [4.69, 9.17) is 5.11 Å². The molecule has 0 bridgehead atoms. The third kappa shape index (κ3) is 4.46. The lowest BCUT2D eigenvalue weighted by Crippen LogP contribution is -2.52. The van der Waals surface area contributed by atoms with Gasteiger partial charge in [-0.15, -0.1) is 0 Å². The molecule has 0 aromatic heterocycles. The molecular weight excluding hydrogens is 240 g/mol. The smallest absolute Gasteiger partial charge is 0.317 e. The van der Waals surface area contributed by atoms with E-state index in [0.29, 0.717) is 18.2 Å². The number of carbonyl (C=O) groups is 2. The highest BCUT2D eigenvalue weighted by molar-refractivity contribution is 8.00. The van der Waals surface area contributed by atoms with Crippen LogP contribution in [0.5, 0.6) is 0 Å². The first-order chi connectivity index (χ1) is 8.02. The van der Waals surface area contributed by atoms with E-state index in [1.54, 1.807) is 0 Å². The molecule has 1 rings (SSSR count). The predicted octanol–water partition coefficient (Wildman–Crippen LogP) is 1.39. The van der Waals surface area contributed by atoms with Crippen LogP contribution in [0.25, 0.3) is 0 Å². The third-order valence-electron chi connectivity index (χ3n) is 2.99. The van der Waals surface area contributed by atoms with Crippen LogP contribution in [0.2, 0.25) is 0 Å². The molecule has 0 aliphatic carbocycles. The summed E-state index contributed by atoms with van der Waals surface area (Å²) in [6.45, 7) is 5.36.